The molecule has 5 nitrogen and oxygen atoms in total. The second kappa shape index (κ2) is 5.46. The van der Waals surface area contributed by atoms with Crippen LogP contribution >= 0.6 is 0 Å². The van der Waals surface area contributed by atoms with Gasteiger partial charge in [0.2, 0.25) is 0 Å². The zero-order chi connectivity index (χ0) is 13.1. The van der Waals surface area contributed by atoms with Crippen LogP contribution in [-0.4, -0.2) is 46.8 Å². The van der Waals surface area contributed by atoms with E-state index in [1.165, 1.54) is 7.11 Å². The van der Waals surface area contributed by atoms with Gasteiger partial charge in [-0.1, -0.05) is 6.07 Å². The van der Waals surface area contributed by atoms with Gasteiger partial charge in [0.05, 0.1) is 18.9 Å². The average Bonchev–Trinajstić information content (AvgIpc) is 2.72. The number of likely N-dealkylation sites (tertiary alicyclic amines) is 1. The summed E-state index contributed by atoms with van der Waals surface area (Å²) in [5.74, 6) is -0.292. The number of aliphatic hydroxyl groups is 1. The van der Waals surface area contributed by atoms with Gasteiger partial charge in [-0.25, -0.2) is 0 Å². The average molecular weight is 250 g/mol. The Morgan fingerprint density at radius 3 is 3.11 bits per heavy atom. The maximum atomic E-state index is 11.6. The van der Waals surface area contributed by atoms with Crippen molar-refractivity contribution >= 4 is 5.97 Å². The smallest absolute Gasteiger partial charge is 0.323 e. The molecule has 0 aromatic carbocycles. The highest BCUT2D eigenvalue weighted by molar-refractivity contribution is 5.76. The minimum absolute atomic E-state index is 0.292. The largest absolute Gasteiger partial charge is 0.468 e. The fourth-order valence-corrected chi connectivity index (χ4v) is 2.31. The number of carbonyl (C=O) groups is 1. The lowest BCUT2D eigenvalue weighted by Gasteiger charge is -2.22. The van der Waals surface area contributed by atoms with Crippen LogP contribution in [0, 0.1) is 6.92 Å². The van der Waals surface area contributed by atoms with Gasteiger partial charge in [-0.15, -0.1) is 0 Å². The van der Waals surface area contributed by atoms with Crippen LogP contribution in [-0.2, 0) is 16.1 Å². The molecular formula is C13H18N2O3. The zero-order valence-corrected chi connectivity index (χ0v) is 10.7. The molecule has 2 heterocycles. The summed E-state index contributed by atoms with van der Waals surface area (Å²) in [5, 5.41) is 9.69. The number of aliphatic hydroxyl groups excluding tert-OH is 1. The molecule has 1 aromatic heterocycles. The molecule has 0 spiro atoms. The predicted octanol–water partition coefficient (Wildman–Crippen LogP) is 0.498. The number of nitrogens with zero attached hydrogens (tertiary/aromatic N) is 2. The Labute approximate surface area is 106 Å². The second-order valence-corrected chi connectivity index (χ2v) is 4.62. The van der Waals surface area contributed by atoms with Crippen molar-refractivity contribution in [2.24, 2.45) is 0 Å². The molecule has 1 aromatic rings. The van der Waals surface area contributed by atoms with Crippen molar-refractivity contribution in [1.82, 2.24) is 9.88 Å². The van der Waals surface area contributed by atoms with E-state index in [1.54, 1.807) is 6.20 Å². The van der Waals surface area contributed by atoms with E-state index in [0.29, 0.717) is 19.5 Å². The molecule has 0 radical (unpaired) electrons. The van der Waals surface area contributed by atoms with Crippen LogP contribution in [0.15, 0.2) is 18.3 Å². The van der Waals surface area contributed by atoms with E-state index >= 15 is 0 Å². The first-order chi connectivity index (χ1) is 8.61. The second-order valence-electron chi connectivity index (χ2n) is 4.62. The maximum Gasteiger partial charge on any atom is 0.323 e. The van der Waals surface area contributed by atoms with Gasteiger partial charge in [0.15, 0.2) is 0 Å². The molecule has 0 aliphatic carbocycles. The highest BCUT2D eigenvalue weighted by Crippen LogP contribution is 2.21. The zero-order valence-electron chi connectivity index (χ0n) is 10.7. The van der Waals surface area contributed by atoms with E-state index in [-0.39, 0.29) is 12.0 Å². The van der Waals surface area contributed by atoms with Crippen LogP contribution in [0.25, 0.3) is 0 Å². The molecule has 98 valence electrons. The molecule has 0 amide bonds. The Morgan fingerprint density at radius 2 is 2.44 bits per heavy atom. The topological polar surface area (TPSA) is 62.7 Å². The van der Waals surface area contributed by atoms with E-state index in [9.17, 15) is 9.90 Å². The van der Waals surface area contributed by atoms with Crippen molar-refractivity contribution in [1.29, 1.82) is 0 Å². The summed E-state index contributed by atoms with van der Waals surface area (Å²) in [6, 6.07) is 3.50. The summed E-state index contributed by atoms with van der Waals surface area (Å²) < 4.78 is 4.77. The number of rotatable bonds is 3. The third-order valence-corrected chi connectivity index (χ3v) is 3.33. The lowest BCUT2D eigenvalue weighted by molar-refractivity contribution is -0.146. The number of hydrogen-bond acceptors (Lipinski definition) is 5. The maximum absolute atomic E-state index is 11.6. The minimum Gasteiger partial charge on any atom is -0.468 e. The molecule has 2 unspecified atom stereocenters. The van der Waals surface area contributed by atoms with Crippen molar-refractivity contribution in [2.75, 3.05) is 13.7 Å². The summed E-state index contributed by atoms with van der Waals surface area (Å²) >= 11 is 0. The first-order valence-corrected chi connectivity index (χ1v) is 6.02. The summed E-state index contributed by atoms with van der Waals surface area (Å²) in [6.45, 7) is 3.03. The van der Waals surface area contributed by atoms with E-state index in [0.717, 1.165) is 11.3 Å². The van der Waals surface area contributed by atoms with Gasteiger partial charge in [0, 0.05) is 25.7 Å². The first kappa shape index (κ1) is 13.0. The van der Waals surface area contributed by atoms with Crippen LogP contribution < -0.4 is 0 Å². The normalized spacial score (nSPS) is 24.2. The summed E-state index contributed by atoms with van der Waals surface area (Å²) in [7, 11) is 1.37. The number of aromatic nitrogens is 1. The van der Waals surface area contributed by atoms with Gasteiger partial charge >= 0.3 is 5.97 Å². The Morgan fingerprint density at radius 1 is 1.67 bits per heavy atom. The summed E-state index contributed by atoms with van der Waals surface area (Å²) in [6.07, 6.45) is 1.69. The lowest BCUT2D eigenvalue weighted by atomic mass is 10.2. The van der Waals surface area contributed by atoms with Crippen LogP contribution in [0.1, 0.15) is 17.7 Å². The molecule has 1 fully saturated rings. The van der Waals surface area contributed by atoms with Crippen molar-refractivity contribution < 1.29 is 14.6 Å². The van der Waals surface area contributed by atoms with Gasteiger partial charge in [0.25, 0.3) is 0 Å². The van der Waals surface area contributed by atoms with Gasteiger partial charge in [-0.05, 0) is 18.6 Å². The first-order valence-electron chi connectivity index (χ1n) is 6.02. The fraction of sp³-hybridized carbons (Fsp3) is 0.538. The van der Waals surface area contributed by atoms with Crippen LogP contribution in [0.2, 0.25) is 0 Å². The van der Waals surface area contributed by atoms with Crippen molar-refractivity contribution in [3.8, 4) is 0 Å². The molecular weight excluding hydrogens is 232 g/mol. The van der Waals surface area contributed by atoms with Crippen LogP contribution in [0.3, 0.4) is 0 Å². The quantitative estimate of drug-likeness (QED) is 0.791. The number of β-amino-alcohol motifs (C(OH)–C–C–N with tert-alkyl or cyclic N) is 1. The molecule has 2 rings (SSSR count). The highest BCUT2D eigenvalue weighted by atomic mass is 16.5. The number of ether oxygens (including phenoxy) is 1. The molecule has 1 N–H and O–H groups in total. The SMILES string of the molecule is COC(=O)C1CC(O)CN1Cc1ncccc1C. The molecule has 1 aliphatic heterocycles. The van der Waals surface area contributed by atoms with Crippen molar-refractivity contribution in [3.63, 3.8) is 0 Å². The number of methoxy groups -OCH3 is 1. The highest BCUT2D eigenvalue weighted by Gasteiger charge is 2.36. The minimum atomic E-state index is -0.474. The Kier molecular flexibility index (Phi) is 3.93. The van der Waals surface area contributed by atoms with Gasteiger partial charge < -0.3 is 9.84 Å². The summed E-state index contributed by atoms with van der Waals surface area (Å²) in [5.41, 5.74) is 2.02. The number of carbonyl (C=O) groups excluding carboxylic acids is 1. The third-order valence-electron chi connectivity index (χ3n) is 3.33. The number of aryl methyl sites for hydroxylation is 1. The third kappa shape index (κ3) is 2.68. The van der Waals surface area contributed by atoms with Crippen molar-refractivity contribution in [3.05, 3.63) is 29.6 Å². The monoisotopic (exact) mass is 250 g/mol. The molecule has 0 bridgehead atoms. The standard InChI is InChI=1S/C13H18N2O3/c1-9-4-3-5-14-11(9)8-15-7-10(16)6-12(15)13(17)18-2/h3-5,10,12,16H,6-8H2,1-2H3. The number of hydrogen-bond donors (Lipinski definition) is 1. The van der Waals surface area contributed by atoms with E-state index in [1.807, 2.05) is 24.0 Å². The van der Waals surface area contributed by atoms with Gasteiger partial charge in [0.1, 0.15) is 6.04 Å². The molecule has 0 saturated carbocycles. The Bertz CT molecular complexity index is 436. The molecule has 5 heteroatoms. The number of pyridine rings is 1. The molecule has 2 atom stereocenters. The molecule has 1 aliphatic rings. The predicted molar refractivity (Wildman–Crippen MR) is 65.8 cm³/mol. The van der Waals surface area contributed by atoms with E-state index < -0.39 is 6.10 Å². The van der Waals surface area contributed by atoms with Crippen LogP contribution in [0.4, 0.5) is 0 Å². The Hall–Kier alpha value is -1.46. The number of esters is 1. The van der Waals surface area contributed by atoms with E-state index in [4.69, 9.17) is 4.74 Å². The van der Waals surface area contributed by atoms with Gasteiger partial charge in [-0.3, -0.25) is 14.7 Å². The Balaban J connectivity index is 2.12. The molecule has 1 saturated heterocycles. The van der Waals surface area contributed by atoms with E-state index in [2.05, 4.69) is 4.98 Å². The fourth-order valence-electron chi connectivity index (χ4n) is 2.31. The lowest BCUT2D eigenvalue weighted by Crippen LogP contribution is -2.36. The van der Waals surface area contributed by atoms with Crippen molar-refractivity contribution in [2.45, 2.75) is 32.0 Å². The summed E-state index contributed by atoms with van der Waals surface area (Å²) in [4.78, 5) is 17.9. The van der Waals surface area contributed by atoms with Gasteiger partial charge in [-0.2, -0.15) is 0 Å². The molecule has 18 heavy (non-hydrogen) atoms. The van der Waals surface area contributed by atoms with Crippen LogP contribution in [0.5, 0.6) is 0 Å².